The van der Waals surface area contributed by atoms with Crippen LogP contribution in [0.3, 0.4) is 0 Å². The zero-order valence-corrected chi connectivity index (χ0v) is 16.3. The van der Waals surface area contributed by atoms with E-state index in [-0.39, 0.29) is 33.3 Å². The molecule has 0 aliphatic rings. The Kier molecular flexibility index (Phi) is 5.52. The Morgan fingerprint density at radius 3 is 2.28 bits per heavy atom. The molecule has 152 valence electrons. The lowest BCUT2D eigenvalue weighted by Gasteiger charge is -2.14. The molecule has 0 saturated heterocycles. The van der Waals surface area contributed by atoms with Gasteiger partial charge in [-0.3, -0.25) is 4.79 Å². The van der Waals surface area contributed by atoms with E-state index in [1.807, 2.05) is 0 Å². The molecule has 0 unspecified atom stereocenters. The van der Waals surface area contributed by atoms with Crippen LogP contribution < -0.4 is 10.3 Å². The Balaban J connectivity index is 2.22. The summed E-state index contributed by atoms with van der Waals surface area (Å²) in [5.74, 6) is -3.27. The highest BCUT2D eigenvalue weighted by Gasteiger charge is 2.19. The van der Waals surface area contributed by atoms with Crippen molar-refractivity contribution in [2.24, 2.45) is 7.05 Å². The molecule has 3 aromatic rings. The lowest BCUT2D eigenvalue weighted by molar-refractivity contribution is 0.438. The van der Waals surface area contributed by atoms with E-state index < -0.39 is 32.8 Å². The van der Waals surface area contributed by atoms with Gasteiger partial charge in [0.25, 0.3) is 5.56 Å². The summed E-state index contributed by atoms with van der Waals surface area (Å²) in [7, 11) is -2.27. The van der Waals surface area contributed by atoms with Crippen LogP contribution >= 0.6 is 0 Å². The van der Waals surface area contributed by atoms with Crippen LogP contribution in [0.25, 0.3) is 11.1 Å². The summed E-state index contributed by atoms with van der Waals surface area (Å²) in [6.07, 6.45) is 1.30. The largest absolute Gasteiger partial charge is 0.454 e. The van der Waals surface area contributed by atoms with Gasteiger partial charge in [0.1, 0.15) is 11.6 Å². The fourth-order valence-corrected chi connectivity index (χ4v) is 3.58. The summed E-state index contributed by atoms with van der Waals surface area (Å²) in [4.78, 5) is 11.6. The number of sulfone groups is 1. The summed E-state index contributed by atoms with van der Waals surface area (Å²) < 4.78 is 72.2. The Morgan fingerprint density at radius 1 is 0.966 bits per heavy atom. The van der Waals surface area contributed by atoms with Gasteiger partial charge in [-0.05, 0) is 36.4 Å². The van der Waals surface area contributed by atoms with Crippen molar-refractivity contribution >= 4 is 9.84 Å². The molecule has 1 aromatic heterocycles. The summed E-state index contributed by atoms with van der Waals surface area (Å²) >= 11 is 0. The lowest BCUT2D eigenvalue weighted by atomic mass is 10.1. The van der Waals surface area contributed by atoms with Crippen molar-refractivity contribution < 1.29 is 26.3 Å². The molecule has 0 atom stereocenters. The van der Waals surface area contributed by atoms with Gasteiger partial charge in [0, 0.05) is 30.4 Å². The molecule has 0 N–H and O–H groups in total. The van der Waals surface area contributed by atoms with Crippen LogP contribution in [0.15, 0.2) is 58.4 Å². The van der Waals surface area contributed by atoms with Crippen LogP contribution in [0.5, 0.6) is 11.5 Å². The SMILES string of the molecule is CCS(=O)(=O)c1ccc(Oc2ccc(F)cc2F)c(-c2cc(F)c(=O)n(C)c2)c1. The quantitative estimate of drug-likeness (QED) is 0.621. The number of rotatable bonds is 5. The van der Waals surface area contributed by atoms with E-state index in [1.165, 1.54) is 38.4 Å². The highest BCUT2D eigenvalue weighted by Crippen LogP contribution is 2.36. The van der Waals surface area contributed by atoms with Gasteiger partial charge in [-0.25, -0.2) is 21.6 Å². The topological polar surface area (TPSA) is 65.4 Å². The van der Waals surface area contributed by atoms with Crippen molar-refractivity contribution in [2.45, 2.75) is 11.8 Å². The third kappa shape index (κ3) is 4.19. The Bertz CT molecular complexity index is 1230. The highest BCUT2D eigenvalue weighted by atomic mass is 32.2. The minimum absolute atomic E-state index is 0.00334. The van der Waals surface area contributed by atoms with E-state index in [0.717, 1.165) is 22.8 Å². The Morgan fingerprint density at radius 2 is 1.66 bits per heavy atom. The van der Waals surface area contributed by atoms with Crippen LogP contribution in [-0.2, 0) is 16.9 Å². The van der Waals surface area contributed by atoms with E-state index in [2.05, 4.69) is 0 Å². The molecule has 0 aliphatic heterocycles. The van der Waals surface area contributed by atoms with Crippen molar-refractivity contribution in [1.82, 2.24) is 4.57 Å². The van der Waals surface area contributed by atoms with Crippen molar-refractivity contribution in [1.29, 1.82) is 0 Å². The third-order valence-electron chi connectivity index (χ3n) is 4.25. The smallest absolute Gasteiger partial charge is 0.286 e. The van der Waals surface area contributed by atoms with Gasteiger partial charge in [0.2, 0.25) is 0 Å². The zero-order chi connectivity index (χ0) is 21.3. The first-order chi connectivity index (χ1) is 13.6. The van der Waals surface area contributed by atoms with Gasteiger partial charge in [0.05, 0.1) is 10.6 Å². The van der Waals surface area contributed by atoms with Crippen LogP contribution in [0.1, 0.15) is 6.92 Å². The molecule has 0 aliphatic carbocycles. The van der Waals surface area contributed by atoms with E-state index >= 15 is 0 Å². The van der Waals surface area contributed by atoms with E-state index in [1.54, 1.807) is 0 Å². The van der Waals surface area contributed by atoms with Gasteiger partial charge in [-0.1, -0.05) is 6.92 Å². The number of aromatic nitrogens is 1. The molecule has 2 aromatic carbocycles. The van der Waals surface area contributed by atoms with E-state index in [9.17, 15) is 26.4 Å². The minimum atomic E-state index is -3.60. The number of ether oxygens (including phenoxy) is 1. The average molecular weight is 423 g/mol. The second-order valence-electron chi connectivity index (χ2n) is 6.23. The number of benzene rings is 2. The van der Waals surface area contributed by atoms with Gasteiger partial charge < -0.3 is 9.30 Å². The molecule has 0 spiro atoms. The van der Waals surface area contributed by atoms with Crippen molar-refractivity contribution in [3.63, 3.8) is 0 Å². The number of hydrogen-bond acceptors (Lipinski definition) is 4. The molecule has 5 nitrogen and oxygen atoms in total. The molecular weight excluding hydrogens is 407 g/mol. The lowest BCUT2D eigenvalue weighted by Crippen LogP contribution is -2.19. The first-order valence-corrected chi connectivity index (χ1v) is 10.1. The predicted octanol–water partition coefficient (Wildman–Crippen LogP) is 4.06. The van der Waals surface area contributed by atoms with Crippen molar-refractivity contribution in [3.8, 4) is 22.6 Å². The molecule has 9 heteroatoms. The Hall–Kier alpha value is -3.07. The molecule has 0 amide bonds. The summed E-state index contributed by atoms with van der Waals surface area (Å²) in [6, 6.07) is 7.48. The second-order valence-corrected chi connectivity index (χ2v) is 8.51. The normalized spacial score (nSPS) is 11.5. The van der Waals surface area contributed by atoms with Gasteiger partial charge in [0.15, 0.2) is 27.2 Å². The summed E-state index contributed by atoms with van der Waals surface area (Å²) in [5.41, 5.74) is -0.592. The van der Waals surface area contributed by atoms with Crippen LogP contribution in [-0.4, -0.2) is 18.7 Å². The summed E-state index contributed by atoms with van der Waals surface area (Å²) in [5, 5.41) is 0. The Labute approximate surface area is 164 Å². The minimum Gasteiger partial charge on any atom is -0.454 e. The molecule has 0 radical (unpaired) electrons. The maximum absolute atomic E-state index is 14.0. The second kappa shape index (κ2) is 7.75. The predicted molar refractivity (Wildman–Crippen MR) is 101 cm³/mol. The van der Waals surface area contributed by atoms with Crippen LogP contribution in [0.2, 0.25) is 0 Å². The number of pyridine rings is 1. The van der Waals surface area contributed by atoms with Crippen molar-refractivity contribution in [3.05, 3.63) is 76.5 Å². The molecule has 29 heavy (non-hydrogen) atoms. The van der Waals surface area contributed by atoms with Gasteiger partial charge in [-0.2, -0.15) is 0 Å². The maximum atomic E-state index is 14.0. The maximum Gasteiger partial charge on any atom is 0.286 e. The number of nitrogens with zero attached hydrogens (tertiary/aromatic N) is 1. The molecule has 1 heterocycles. The first-order valence-electron chi connectivity index (χ1n) is 8.48. The van der Waals surface area contributed by atoms with E-state index in [4.69, 9.17) is 4.74 Å². The fraction of sp³-hybridized carbons (Fsp3) is 0.150. The number of hydrogen-bond donors (Lipinski definition) is 0. The van der Waals surface area contributed by atoms with Crippen molar-refractivity contribution in [2.75, 3.05) is 5.75 Å². The first kappa shape index (κ1) is 20.7. The fourth-order valence-electron chi connectivity index (χ4n) is 2.68. The molecule has 0 bridgehead atoms. The monoisotopic (exact) mass is 423 g/mol. The number of halogens is 3. The average Bonchev–Trinajstić information content (AvgIpc) is 2.68. The zero-order valence-electron chi connectivity index (χ0n) is 15.4. The van der Waals surface area contributed by atoms with Crippen LogP contribution in [0.4, 0.5) is 13.2 Å². The standard InChI is InChI=1S/C20H16F3NO4S/c1-3-29(26,27)14-5-7-18(28-19-6-4-13(21)9-16(19)22)15(10-14)12-8-17(23)20(25)24(2)11-12/h4-11H,3H2,1-2H3. The molecule has 0 fully saturated rings. The molecule has 3 rings (SSSR count). The van der Waals surface area contributed by atoms with Crippen LogP contribution in [0, 0.1) is 17.5 Å². The number of aryl methyl sites for hydroxylation is 1. The summed E-state index contributed by atoms with van der Waals surface area (Å²) in [6.45, 7) is 1.47. The molecular formula is C20H16F3NO4S. The van der Waals surface area contributed by atoms with E-state index in [0.29, 0.717) is 6.07 Å². The highest BCUT2D eigenvalue weighted by molar-refractivity contribution is 7.91. The molecule has 0 saturated carbocycles. The van der Waals surface area contributed by atoms with Gasteiger partial charge >= 0.3 is 0 Å². The van der Waals surface area contributed by atoms with Gasteiger partial charge in [-0.15, -0.1) is 0 Å². The third-order valence-corrected chi connectivity index (χ3v) is 5.99.